The van der Waals surface area contributed by atoms with E-state index < -0.39 is 0 Å². The molecule has 74 valence electrons. The summed E-state index contributed by atoms with van der Waals surface area (Å²) >= 11 is 0. The fraction of sp³-hybridized carbons (Fsp3) is 0.909. The summed E-state index contributed by atoms with van der Waals surface area (Å²) in [7, 11) is 0. The van der Waals surface area contributed by atoms with Gasteiger partial charge in [0.1, 0.15) is 0 Å². The summed E-state index contributed by atoms with van der Waals surface area (Å²) in [6.07, 6.45) is 5.11. The first-order chi connectivity index (χ1) is 6.02. The lowest BCUT2D eigenvalue weighted by Gasteiger charge is -2.18. The van der Waals surface area contributed by atoms with Crippen LogP contribution in [0, 0.1) is 5.41 Å². The summed E-state index contributed by atoms with van der Waals surface area (Å²) in [6.45, 7) is 6.04. The van der Waals surface area contributed by atoms with E-state index in [2.05, 4.69) is 4.90 Å². The molecule has 2 rings (SSSR count). The summed E-state index contributed by atoms with van der Waals surface area (Å²) in [6, 6.07) is 1.22. The highest BCUT2D eigenvalue weighted by molar-refractivity contribution is 5.84. The van der Waals surface area contributed by atoms with Crippen molar-refractivity contribution in [2.75, 3.05) is 0 Å². The number of amides is 1. The Hall–Kier alpha value is -0.530. The minimum absolute atomic E-state index is 0.183. The van der Waals surface area contributed by atoms with Crippen molar-refractivity contribution in [3.8, 4) is 0 Å². The van der Waals surface area contributed by atoms with Gasteiger partial charge in [0, 0.05) is 5.41 Å². The third-order valence-electron chi connectivity index (χ3n) is 3.19. The van der Waals surface area contributed by atoms with E-state index in [1.54, 1.807) is 0 Å². The predicted molar refractivity (Wildman–Crippen MR) is 52.3 cm³/mol. The van der Waals surface area contributed by atoms with Crippen LogP contribution in [0.2, 0.25) is 0 Å². The van der Waals surface area contributed by atoms with E-state index in [1.165, 1.54) is 25.7 Å². The van der Waals surface area contributed by atoms with E-state index in [4.69, 9.17) is 0 Å². The molecule has 0 bridgehead atoms. The molecule has 2 nitrogen and oxygen atoms in total. The fourth-order valence-corrected chi connectivity index (χ4v) is 2.39. The number of rotatable bonds is 0. The largest absolute Gasteiger partial charge is 0.332 e. The molecule has 1 aliphatic carbocycles. The zero-order valence-corrected chi connectivity index (χ0v) is 8.84. The first-order valence-electron chi connectivity index (χ1n) is 5.34. The zero-order chi connectivity index (χ0) is 9.64. The molecule has 1 amide bonds. The molecule has 0 spiro atoms. The van der Waals surface area contributed by atoms with Gasteiger partial charge in [-0.2, -0.15) is 0 Å². The molecule has 1 heterocycles. The summed E-state index contributed by atoms with van der Waals surface area (Å²) in [5.74, 6) is 0.351. The number of likely N-dealkylation sites (tertiary alicyclic amines) is 1. The Balaban J connectivity index is 2.01. The van der Waals surface area contributed by atoms with Crippen molar-refractivity contribution in [1.29, 1.82) is 0 Å². The Bertz CT molecular complexity index is 217. The summed E-state index contributed by atoms with van der Waals surface area (Å²) in [5.41, 5.74) is -0.183. The van der Waals surface area contributed by atoms with Crippen LogP contribution in [0.5, 0.6) is 0 Å². The minimum atomic E-state index is -0.183. The number of carbonyl (C=O) groups excluding carboxylic acids is 1. The van der Waals surface area contributed by atoms with Crippen molar-refractivity contribution in [3.05, 3.63) is 0 Å². The topological polar surface area (TPSA) is 20.1 Å². The van der Waals surface area contributed by atoms with Crippen LogP contribution in [0.1, 0.15) is 46.5 Å². The number of hydrogen-bond donors (Lipinski definition) is 0. The van der Waals surface area contributed by atoms with Gasteiger partial charge < -0.3 is 4.90 Å². The second kappa shape index (κ2) is 2.73. The van der Waals surface area contributed by atoms with Gasteiger partial charge in [-0.25, -0.2) is 0 Å². The van der Waals surface area contributed by atoms with E-state index in [0.29, 0.717) is 18.0 Å². The lowest BCUT2D eigenvalue weighted by atomic mass is 9.95. The second-order valence-electron chi connectivity index (χ2n) is 5.38. The maximum Gasteiger partial charge on any atom is 0.228 e. The van der Waals surface area contributed by atoms with Crippen LogP contribution in [-0.4, -0.2) is 22.9 Å². The van der Waals surface area contributed by atoms with Crippen LogP contribution < -0.4 is 0 Å². The maximum absolute atomic E-state index is 11.9. The Kier molecular flexibility index (Phi) is 1.90. The molecule has 0 aromatic heterocycles. The van der Waals surface area contributed by atoms with Crippen molar-refractivity contribution in [3.63, 3.8) is 0 Å². The maximum atomic E-state index is 11.9. The normalized spacial score (nSPS) is 32.7. The highest BCUT2D eigenvalue weighted by atomic mass is 16.2. The van der Waals surface area contributed by atoms with Crippen LogP contribution in [0.4, 0.5) is 0 Å². The monoisotopic (exact) mass is 181 g/mol. The van der Waals surface area contributed by atoms with Gasteiger partial charge in [-0.15, -0.1) is 0 Å². The van der Waals surface area contributed by atoms with Crippen LogP contribution >= 0.6 is 0 Å². The van der Waals surface area contributed by atoms with E-state index in [9.17, 15) is 4.79 Å². The third kappa shape index (κ3) is 1.47. The van der Waals surface area contributed by atoms with Crippen molar-refractivity contribution in [1.82, 2.24) is 4.90 Å². The van der Waals surface area contributed by atoms with Crippen LogP contribution in [0.25, 0.3) is 0 Å². The van der Waals surface area contributed by atoms with Gasteiger partial charge in [0.15, 0.2) is 0 Å². The van der Waals surface area contributed by atoms with Gasteiger partial charge in [0.05, 0.1) is 12.1 Å². The minimum Gasteiger partial charge on any atom is -0.332 e. The Morgan fingerprint density at radius 1 is 1.15 bits per heavy atom. The molecule has 2 fully saturated rings. The van der Waals surface area contributed by atoms with E-state index >= 15 is 0 Å². The predicted octanol–water partition coefficient (Wildman–Crippen LogP) is 2.19. The second-order valence-corrected chi connectivity index (χ2v) is 5.38. The number of fused-ring (bicyclic) bond motifs is 1. The quantitative estimate of drug-likeness (QED) is 0.524. The van der Waals surface area contributed by atoms with Crippen molar-refractivity contribution in [2.45, 2.75) is 58.5 Å². The van der Waals surface area contributed by atoms with Gasteiger partial charge in [-0.3, -0.25) is 4.79 Å². The smallest absolute Gasteiger partial charge is 0.228 e. The van der Waals surface area contributed by atoms with Crippen LogP contribution in [0.3, 0.4) is 0 Å². The summed E-state index contributed by atoms with van der Waals surface area (Å²) in [5, 5.41) is 0. The molecule has 0 aromatic rings. The molecule has 0 unspecified atom stereocenters. The third-order valence-corrected chi connectivity index (χ3v) is 3.19. The molecule has 13 heavy (non-hydrogen) atoms. The molecule has 1 saturated heterocycles. The van der Waals surface area contributed by atoms with Crippen LogP contribution in [0.15, 0.2) is 0 Å². The molecule has 0 radical (unpaired) electrons. The zero-order valence-electron chi connectivity index (χ0n) is 8.84. The van der Waals surface area contributed by atoms with Gasteiger partial charge >= 0.3 is 0 Å². The Morgan fingerprint density at radius 2 is 1.62 bits per heavy atom. The van der Waals surface area contributed by atoms with Crippen molar-refractivity contribution >= 4 is 5.91 Å². The molecule has 0 N–H and O–H groups in total. The molecule has 1 aliphatic heterocycles. The SMILES string of the molecule is CC(C)(C)C(=O)N1[C@@H]2CCCC[C@@H]21. The molecule has 0 aromatic carbocycles. The number of nitrogens with zero attached hydrogens (tertiary/aromatic N) is 1. The van der Waals surface area contributed by atoms with E-state index in [-0.39, 0.29) is 5.41 Å². The first kappa shape index (κ1) is 9.04. The molecule has 2 aliphatic rings. The summed E-state index contributed by atoms with van der Waals surface area (Å²) < 4.78 is 0. The Labute approximate surface area is 80.3 Å². The van der Waals surface area contributed by atoms with Gasteiger partial charge in [-0.05, 0) is 12.8 Å². The van der Waals surface area contributed by atoms with E-state index in [1.807, 2.05) is 20.8 Å². The lowest BCUT2D eigenvalue weighted by molar-refractivity contribution is -0.134. The van der Waals surface area contributed by atoms with Crippen LogP contribution in [-0.2, 0) is 4.79 Å². The Morgan fingerprint density at radius 3 is 2.00 bits per heavy atom. The molecular weight excluding hydrogens is 162 g/mol. The van der Waals surface area contributed by atoms with Gasteiger partial charge in [0.2, 0.25) is 5.91 Å². The average molecular weight is 181 g/mol. The molecule has 1 saturated carbocycles. The molecular formula is C11H19NO. The van der Waals surface area contributed by atoms with E-state index in [0.717, 1.165) is 0 Å². The first-order valence-corrected chi connectivity index (χ1v) is 5.34. The fourth-order valence-electron chi connectivity index (χ4n) is 2.39. The number of hydrogen-bond acceptors (Lipinski definition) is 1. The van der Waals surface area contributed by atoms with Gasteiger partial charge in [0.25, 0.3) is 0 Å². The number of carbonyl (C=O) groups is 1. The van der Waals surface area contributed by atoms with Gasteiger partial charge in [-0.1, -0.05) is 33.6 Å². The molecule has 2 heteroatoms. The highest BCUT2D eigenvalue weighted by Crippen LogP contribution is 2.42. The average Bonchev–Trinajstić information content (AvgIpc) is 2.75. The highest BCUT2D eigenvalue weighted by Gasteiger charge is 2.53. The summed E-state index contributed by atoms with van der Waals surface area (Å²) in [4.78, 5) is 14.0. The molecule has 2 atom stereocenters. The standard InChI is InChI=1S/C11H19NO/c1-11(2,3)10(13)12-8-6-4-5-7-9(8)12/h8-9H,4-7H2,1-3H3/t8-,9+,12?. The van der Waals surface area contributed by atoms with Crippen molar-refractivity contribution in [2.24, 2.45) is 5.41 Å². The lowest BCUT2D eigenvalue weighted by Crippen LogP contribution is -2.29. The van der Waals surface area contributed by atoms with Crippen molar-refractivity contribution < 1.29 is 4.79 Å².